The molecule has 6 heteroatoms. The molecule has 0 aliphatic heterocycles. The van der Waals surface area contributed by atoms with Crippen LogP contribution in [0.4, 0.5) is 0 Å². The van der Waals surface area contributed by atoms with Gasteiger partial charge in [0.05, 0.1) is 6.54 Å². The van der Waals surface area contributed by atoms with Gasteiger partial charge < -0.3 is 20.7 Å². The predicted molar refractivity (Wildman–Crippen MR) is 48.8 cm³/mol. The molecule has 78 valence electrons. The summed E-state index contributed by atoms with van der Waals surface area (Å²) in [6.45, 7) is 1.88. The maximum absolute atomic E-state index is 10.4. The Morgan fingerprint density at radius 1 is 1.71 bits per heavy atom. The van der Waals surface area contributed by atoms with E-state index in [0.29, 0.717) is 18.8 Å². The standard InChI is InChI=1S/C8H13N3O3/c9-2-1-3-10-5-6-4-7(8(12)13)11-14-6/h4,10H,1-3,5,9H2,(H,12,13). The molecular weight excluding hydrogens is 186 g/mol. The number of rotatable bonds is 6. The molecule has 0 fully saturated rings. The summed E-state index contributed by atoms with van der Waals surface area (Å²) in [6, 6.07) is 1.40. The highest BCUT2D eigenvalue weighted by Crippen LogP contribution is 2.02. The van der Waals surface area contributed by atoms with Crippen molar-refractivity contribution in [3.8, 4) is 0 Å². The molecule has 4 N–H and O–H groups in total. The number of aromatic carboxylic acids is 1. The molecule has 0 radical (unpaired) electrons. The largest absolute Gasteiger partial charge is 0.476 e. The van der Waals surface area contributed by atoms with Gasteiger partial charge in [0, 0.05) is 6.07 Å². The van der Waals surface area contributed by atoms with Crippen molar-refractivity contribution >= 4 is 5.97 Å². The maximum Gasteiger partial charge on any atom is 0.358 e. The smallest absolute Gasteiger partial charge is 0.358 e. The Morgan fingerprint density at radius 3 is 3.07 bits per heavy atom. The van der Waals surface area contributed by atoms with Crippen LogP contribution in [0.25, 0.3) is 0 Å². The molecule has 0 spiro atoms. The minimum atomic E-state index is -1.08. The molecule has 1 aromatic rings. The zero-order valence-corrected chi connectivity index (χ0v) is 7.69. The minimum absolute atomic E-state index is 0.0689. The minimum Gasteiger partial charge on any atom is -0.476 e. The van der Waals surface area contributed by atoms with Gasteiger partial charge in [0.2, 0.25) is 0 Å². The summed E-state index contributed by atoms with van der Waals surface area (Å²) >= 11 is 0. The van der Waals surface area contributed by atoms with Gasteiger partial charge in [-0.3, -0.25) is 0 Å². The van der Waals surface area contributed by atoms with Gasteiger partial charge in [0.15, 0.2) is 11.5 Å². The topological polar surface area (TPSA) is 101 Å². The van der Waals surface area contributed by atoms with Crippen LogP contribution in [0, 0.1) is 0 Å². The van der Waals surface area contributed by atoms with Crippen LogP contribution in [-0.4, -0.2) is 29.3 Å². The lowest BCUT2D eigenvalue weighted by atomic mass is 10.3. The molecule has 0 atom stereocenters. The van der Waals surface area contributed by atoms with Crippen LogP contribution in [-0.2, 0) is 6.54 Å². The highest BCUT2D eigenvalue weighted by Gasteiger charge is 2.09. The third-order valence-corrected chi connectivity index (χ3v) is 1.63. The van der Waals surface area contributed by atoms with Crippen molar-refractivity contribution in [2.24, 2.45) is 5.73 Å². The van der Waals surface area contributed by atoms with E-state index < -0.39 is 5.97 Å². The number of carboxylic acid groups (broad SMARTS) is 1. The molecule has 0 unspecified atom stereocenters. The fraction of sp³-hybridized carbons (Fsp3) is 0.500. The molecule has 0 aromatic carbocycles. The summed E-state index contributed by atoms with van der Waals surface area (Å²) < 4.78 is 4.78. The number of aromatic nitrogens is 1. The fourth-order valence-electron chi connectivity index (χ4n) is 0.936. The molecule has 0 aliphatic rings. The molecule has 0 saturated heterocycles. The molecule has 0 bridgehead atoms. The van der Waals surface area contributed by atoms with Crippen molar-refractivity contribution in [2.75, 3.05) is 13.1 Å². The lowest BCUT2D eigenvalue weighted by Crippen LogP contribution is -2.17. The summed E-state index contributed by atoms with van der Waals surface area (Å²) in [5.74, 6) is -0.568. The normalized spacial score (nSPS) is 10.4. The summed E-state index contributed by atoms with van der Waals surface area (Å²) in [5, 5.41) is 15.0. The Labute approximate surface area is 81.1 Å². The first-order valence-corrected chi connectivity index (χ1v) is 4.33. The van der Waals surface area contributed by atoms with E-state index in [1.54, 1.807) is 0 Å². The molecule has 1 heterocycles. The van der Waals surface area contributed by atoms with Gasteiger partial charge in [0.1, 0.15) is 0 Å². The Morgan fingerprint density at radius 2 is 2.50 bits per heavy atom. The predicted octanol–water partition coefficient (Wildman–Crippen LogP) is -0.189. The third kappa shape index (κ3) is 3.15. The SMILES string of the molecule is NCCCNCc1cc(C(=O)O)no1. The van der Waals surface area contributed by atoms with Gasteiger partial charge in [-0.15, -0.1) is 0 Å². The van der Waals surface area contributed by atoms with Gasteiger partial charge in [-0.05, 0) is 19.5 Å². The van der Waals surface area contributed by atoms with E-state index in [4.69, 9.17) is 15.4 Å². The summed E-state index contributed by atoms with van der Waals surface area (Å²) in [5.41, 5.74) is 5.23. The first-order chi connectivity index (χ1) is 6.74. The third-order valence-electron chi connectivity index (χ3n) is 1.63. The van der Waals surface area contributed by atoms with Gasteiger partial charge in [0.25, 0.3) is 0 Å². The number of carboxylic acids is 1. The molecule has 6 nitrogen and oxygen atoms in total. The summed E-state index contributed by atoms with van der Waals surface area (Å²) in [4.78, 5) is 10.4. The number of hydrogen-bond donors (Lipinski definition) is 3. The lowest BCUT2D eigenvalue weighted by molar-refractivity contribution is 0.0685. The zero-order chi connectivity index (χ0) is 10.4. The Kier molecular flexibility index (Phi) is 4.09. The van der Waals surface area contributed by atoms with Gasteiger partial charge >= 0.3 is 5.97 Å². The number of hydrogen-bond acceptors (Lipinski definition) is 5. The van der Waals surface area contributed by atoms with Gasteiger partial charge in [-0.2, -0.15) is 0 Å². The van der Waals surface area contributed by atoms with Gasteiger partial charge in [-0.25, -0.2) is 4.79 Å². The van der Waals surface area contributed by atoms with Crippen LogP contribution in [0.2, 0.25) is 0 Å². The van der Waals surface area contributed by atoms with Crippen LogP contribution in [0.3, 0.4) is 0 Å². The van der Waals surface area contributed by atoms with Crippen molar-refractivity contribution in [2.45, 2.75) is 13.0 Å². The van der Waals surface area contributed by atoms with Crippen molar-refractivity contribution < 1.29 is 14.4 Å². The first kappa shape index (κ1) is 10.7. The molecular formula is C8H13N3O3. The number of carbonyl (C=O) groups is 1. The lowest BCUT2D eigenvalue weighted by Gasteiger charge is -1.98. The average molecular weight is 199 g/mol. The second-order valence-corrected chi connectivity index (χ2v) is 2.80. The first-order valence-electron chi connectivity index (χ1n) is 4.33. The second-order valence-electron chi connectivity index (χ2n) is 2.80. The molecule has 1 aromatic heterocycles. The van der Waals surface area contributed by atoms with Crippen LogP contribution >= 0.6 is 0 Å². The van der Waals surface area contributed by atoms with Crippen molar-refractivity contribution in [3.63, 3.8) is 0 Å². The quantitative estimate of drug-likeness (QED) is 0.549. The number of nitrogens with two attached hydrogens (primary N) is 1. The van der Waals surface area contributed by atoms with Crippen LogP contribution in [0.15, 0.2) is 10.6 Å². The molecule has 0 aliphatic carbocycles. The van der Waals surface area contributed by atoms with E-state index in [1.807, 2.05) is 0 Å². The van der Waals surface area contributed by atoms with Crippen LogP contribution < -0.4 is 11.1 Å². The molecule has 14 heavy (non-hydrogen) atoms. The van der Waals surface area contributed by atoms with Crippen molar-refractivity contribution in [1.29, 1.82) is 0 Å². The highest BCUT2D eigenvalue weighted by atomic mass is 16.5. The highest BCUT2D eigenvalue weighted by molar-refractivity contribution is 5.85. The Balaban J connectivity index is 2.33. The summed E-state index contributed by atoms with van der Waals surface area (Å²) in [7, 11) is 0. The van der Waals surface area contributed by atoms with E-state index in [1.165, 1.54) is 6.07 Å². The van der Waals surface area contributed by atoms with Gasteiger partial charge in [-0.1, -0.05) is 5.16 Å². The van der Waals surface area contributed by atoms with E-state index in [9.17, 15) is 4.79 Å². The Hall–Kier alpha value is -1.40. The maximum atomic E-state index is 10.4. The fourth-order valence-corrected chi connectivity index (χ4v) is 0.936. The van der Waals surface area contributed by atoms with E-state index in [2.05, 4.69) is 10.5 Å². The summed E-state index contributed by atoms with van der Waals surface area (Å²) in [6.07, 6.45) is 0.875. The second kappa shape index (κ2) is 5.36. The van der Waals surface area contributed by atoms with Crippen LogP contribution in [0.1, 0.15) is 22.7 Å². The van der Waals surface area contributed by atoms with E-state index >= 15 is 0 Å². The molecule has 0 saturated carbocycles. The molecule has 1 rings (SSSR count). The monoisotopic (exact) mass is 199 g/mol. The Bertz CT molecular complexity index is 298. The van der Waals surface area contributed by atoms with Crippen LogP contribution in [0.5, 0.6) is 0 Å². The van der Waals surface area contributed by atoms with Crippen molar-refractivity contribution in [3.05, 3.63) is 17.5 Å². The zero-order valence-electron chi connectivity index (χ0n) is 7.69. The number of nitrogens with zero attached hydrogens (tertiary/aromatic N) is 1. The van der Waals surface area contributed by atoms with E-state index in [-0.39, 0.29) is 5.69 Å². The average Bonchev–Trinajstić information content (AvgIpc) is 2.61. The molecule has 0 amide bonds. The number of nitrogens with one attached hydrogen (secondary N) is 1. The van der Waals surface area contributed by atoms with E-state index in [0.717, 1.165) is 13.0 Å². The van der Waals surface area contributed by atoms with Crippen molar-refractivity contribution in [1.82, 2.24) is 10.5 Å².